The molecule has 3 rings (SSSR count). The molecule has 0 spiro atoms. The van der Waals surface area contributed by atoms with E-state index >= 15 is 0 Å². The predicted molar refractivity (Wildman–Crippen MR) is 94.6 cm³/mol. The Morgan fingerprint density at radius 1 is 1.14 bits per heavy atom. The summed E-state index contributed by atoms with van der Waals surface area (Å²) in [6, 6.07) is 16.1. The highest BCUT2D eigenvalue weighted by Gasteiger charge is 2.20. The lowest BCUT2D eigenvalue weighted by atomic mass is 9.94. The molecule has 0 aliphatic heterocycles. The molecule has 0 saturated carbocycles. The average molecular weight is 370 g/mol. The highest BCUT2D eigenvalue weighted by Crippen LogP contribution is 2.42. The van der Waals surface area contributed by atoms with Gasteiger partial charge in [0.25, 0.3) is 0 Å². The number of benzene rings is 1. The van der Waals surface area contributed by atoms with E-state index < -0.39 is 0 Å². The molecule has 0 fully saturated rings. The van der Waals surface area contributed by atoms with Crippen molar-refractivity contribution in [2.75, 3.05) is 5.73 Å². The summed E-state index contributed by atoms with van der Waals surface area (Å²) < 4.78 is 1.01. The maximum absolute atomic E-state index is 9.55. The van der Waals surface area contributed by atoms with Crippen LogP contribution in [0.5, 0.6) is 0 Å². The lowest BCUT2D eigenvalue weighted by Gasteiger charge is -2.14. The minimum atomic E-state index is 0.277. The van der Waals surface area contributed by atoms with Crippen LogP contribution in [-0.2, 0) is 0 Å². The first-order valence-electron chi connectivity index (χ1n) is 6.63. The van der Waals surface area contributed by atoms with Crippen molar-refractivity contribution in [2.24, 2.45) is 0 Å². The maximum atomic E-state index is 9.55. The van der Waals surface area contributed by atoms with Gasteiger partial charge in [-0.1, -0.05) is 30.3 Å². The first-order valence-corrected chi connectivity index (χ1v) is 8.24. The molecular formula is C17H12BrN3S. The van der Waals surface area contributed by atoms with Crippen molar-refractivity contribution in [1.29, 1.82) is 5.26 Å². The Bertz CT molecular complexity index is 879. The van der Waals surface area contributed by atoms with Gasteiger partial charge in [-0.2, -0.15) is 5.26 Å². The molecule has 0 atom stereocenters. The molecule has 2 heterocycles. The summed E-state index contributed by atoms with van der Waals surface area (Å²) in [5, 5.41) is 9.55. The fraction of sp³-hybridized carbons (Fsp3) is 0.0588. The van der Waals surface area contributed by atoms with Gasteiger partial charge in [-0.05, 0) is 40.5 Å². The Balaban J connectivity index is 2.41. The summed E-state index contributed by atoms with van der Waals surface area (Å²) in [6.45, 7) is 1.92. The number of nitrogens with two attached hydrogens (primary N) is 1. The first kappa shape index (κ1) is 14.8. The maximum Gasteiger partial charge on any atom is 0.142 e. The molecule has 3 nitrogen and oxygen atoms in total. The molecule has 22 heavy (non-hydrogen) atoms. The van der Waals surface area contributed by atoms with Gasteiger partial charge >= 0.3 is 0 Å². The van der Waals surface area contributed by atoms with Crippen molar-refractivity contribution >= 4 is 33.1 Å². The van der Waals surface area contributed by atoms with Crippen LogP contribution < -0.4 is 5.73 Å². The second-order valence-corrected chi connectivity index (χ2v) is 7.25. The summed E-state index contributed by atoms with van der Waals surface area (Å²) in [7, 11) is 0. The van der Waals surface area contributed by atoms with Gasteiger partial charge < -0.3 is 5.73 Å². The second kappa shape index (κ2) is 5.91. The first-order chi connectivity index (χ1) is 10.6. The molecule has 5 heteroatoms. The molecule has 108 valence electrons. The third-order valence-electron chi connectivity index (χ3n) is 3.40. The molecule has 0 aliphatic rings. The minimum absolute atomic E-state index is 0.277. The van der Waals surface area contributed by atoms with Crippen LogP contribution in [0.15, 0.2) is 46.3 Å². The number of halogens is 1. The zero-order valence-corrected chi connectivity index (χ0v) is 14.2. The van der Waals surface area contributed by atoms with Crippen molar-refractivity contribution in [2.45, 2.75) is 6.92 Å². The SMILES string of the molecule is Cc1nc(N)c(C#N)c(-c2ccc(Br)s2)c1-c1ccccc1. The van der Waals surface area contributed by atoms with Gasteiger partial charge in [-0.25, -0.2) is 4.98 Å². The third kappa shape index (κ3) is 2.52. The van der Waals surface area contributed by atoms with Crippen LogP contribution in [0, 0.1) is 18.3 Å². The topological polar surface area (TPSA) is 62.7 Å². The van der Waals surface area contributed by atoms with Crippen LogP contribution in [0.1, 0.15) is 11.3 Å². The van der Waals surface area contributed by atoms with Crippen LogP contribution in [0.2, 0.25) is 0 Å². The van der Waals surface area contributed by atoms with E-state index in [2.05, 4.69) is 27.0 Å². The Morgan fingerprint density at radius 3 is 2.45 bits per heavy atom. The number of nitrogens with zero attached hydrogens (tertiary/aromatic N) is 2. The molecular weight excluding hydrogens is 358 g/mol. The van der Waals surface area contributed by atoms with Crippen molar-refractivity contribution in [3.63, 3.8) is 0 Å². The normalized spacial score (nSPS) is 10.4. The van der Waals surface area contributed by atoms with Gasteiger partial charge in [-0.3, -0.25) is 0 Å². The smallest absolute Gasteiger partial charge is 0.142 e. The van der Waals surface area contributed by atoms with E-state index in [0.717, 1.165) is 31.0 Å². The van der Waals surface area contributed by atoms with E-state index in [9.17, 15) is 5.26 Å². The zero-order valence-electron chi connectivity index (χ0n) is 11.8. The van der Waals surface area contributed by atoms with Gasteiger partial charge in [0.15, 0.2) is 0 Å². The summed E-state index contributed by atoms with van der Waals surface area (Å²) in [4.78, 5) is 5.36. The molecule has 1 aromatic carbocycles. The van der Waals surface area contributed by atoms with Gasteiger partial charge in [-0.15, -0.1) is 11.3 Å². The van der Waals surface area contributed by atoms with Crippen LogP contribution in [-0.4, -0.2) is 4.98 Å². The summed E-state index contributed by atoms with van der Waals surface area (Å²) in [5.74, 6) is 0.277. The Kier molecular flexibility index (Phi) is 3.97. The number of nitrogen functional groups attached to an aromatic ring is 1. The molecule has 2 aromatic heterocycles. The minimum Gasteiger partial charge on any atom is -0.383 e. The summed E-state index contributed by atoms with van der Waals surface area (Å²) >= 11 is 5.06. The van der Waals surface area contributed by atoms with E-state index in [0.29, 0.717) is 5.56 Å². The lowest BCUT2D eigenvalue weighted by molar-refractivity contribution is 1.20. The molecule has 0 saturated heterocycles. The number of rotatable bonds is 2. The highest BCUT2D eigenvalue weighted by atomic mass is 79.9. The largest absolute Gasteiger partial charge is 0.383 e. The number of aryl methyl sites for hydroxylation is 1. The Hall–Kier alpha value is -2.16. The molecule has 3 aromatic rings. The molecule has 0 aliphatic carbocycles. The van der Waals surface area contributed by atoms with Crippen molar-refractivity contribution in [1.82, 2.24) is 4.98 Å². The van der Waals surface area contributed by atoms with Gasteiger partial charge in [0.2, 0.25) is 0 Å². The summed E-state index contributed by atoms with van der Waals surface area (Å²) in [6.07, 6.45) is 0. The monoisotopic (exact) mass is 369 g/mol. The zero-order chi connectivity index (χ0) is 15.7. The molecule has 0 unspecified atom stereocenters. The fourth-order valence-corrected chi connectivity index (χ4v) is 3.94. The number of nitriles is 1. The number of pyridine rings is 1. The Labute approximate surface area is 141 Å². The van der Waals surface area contributed by atoms with Crippen molar-refractivity contribution in [3.8, 4) is 27.6 Å². The van der Waals surface area contributed by atoms with E-state index in [-0.39, 0.29) is 5.82 Å². The van der Waals surface area contributed by atoms with Gasteiger partial charge in [0.05, 0.1) is 3.79 Å². The average Bonchev–Trinajstić information content (AvgIpc) is 2.93. The number of hydrogen-bond donors (Lipinski definition) is 1. The third-order valence-corrected chi connectivity index (χ3v) is 5.04. The number of anilines is 1. The quantitative estimate of drug-likeness (QED) is 0.690. The molecule has 0 amide bonds. The van der Waals surface area contributed by atoms with Crippen LogP contribution in [0.25, 0.3) is 21.6 Å². The highest BCUT2D eigenvalue weighted by molar-refractivity contribution is 9.11. The Morgan fingerprint density at radius 2 is 1.86 bits per heavy atom. The van der Waals surface area contributed by atoms with E-state index in [4.69, 9.17) is 5.73 Å². The number of hydrogen-bond acceptors (Lipinski definition) is 4. The standard InChI is InChI=1S/C17H12BrN3S/c1-10-15(11-5-3-2-4-6-11)16(12(9-19)17(20)21-10)13-7-8-14(18)22-13/h2-8H,1H3,(H2,20,21). The van der Waals surface area contributed by atoms with Crippen LogP contribution in [0.3, 0.4) is 0 Å². The second-order valence-electron chi connectivity index (χ2n) is 4.79. The van der Waals surface area contributed by atoms with Crippen LogP contribution in [0.4, 0.5) is 5.82 Å². The van der Waals surface area contributed by atoms with Crippen LogP contribution >= 0.6 is 27.3 Å². The number of thiophene rings is 1. The molecule has 0 bridgehead atoms. The summed E-state index contributed by atoms with van der Waals surface area (Å²) in [5.41, 5.74) is 10.1. The van der Waals surface area contributed by atoms with Gasteiger partial charge in [0.1, 0.15) is 17.5 Å². The van der Waals surface area contributed by atoms with Crippen molar-refractivity contribution < 1.29 is 0 Å². The van der Waals surface area contributed by atoms with Gasteiger partial charge in [0, 0.05) is 21.7 Å². The van der Waals surface area contributed by atoms with E-state index in [1.807, 2.05) is 49.4 Å². The molecule has 0 radical (unpaired) electrons. The van der Waals surface area contributed by atoms with Crippen molar-refractivity contribution in [3.05, 3.63) is 57.5 Å². The molecule has 2 N–H and O–H groups in total. The van der Waals surface area contributed by atoms with E-state index in [1.54, 1.807) is 11.3 Å². The number of aromatic nitrogens is 1. The van der Waals surface area contributed by atoms with E-state index in [1.165, 1.54) is 0 Å². The fourth-order valence-electron chi connectivity index (χ4n) is 2.49. The lowest BCUT2D eigenvalue weighted by Crippen LogP contribution is -2.02. The predicted octanol–water partition coefficient (Wildman–Crippen LogP) is 5.00.